The molecule has 16 heteroatoms. The Balaban J connectivity index is 0.000000345. The highest BCUT2D eigenvalue weighted by Gasteiger charge is 2.43. The Morgan fingerprint density at radius 1 is 0.977 bits per heavy atom. The number of amides is 4. The quantitative estimate of drug-likeness (QED) is 0.191. The Bertz CT molecular complexity index is 1320. The molecule has 240 valence electrons. The number of carboxylic acids is 3. The van der Waals surface area contributed by atoms with Crippen LogP contribution in [0, 0.1) is 6.92 Å². The molecule has 6 N–H and O–H groups in total. The fourth-order valence-corrected chi connectivity index (χ4v) is 5.06. The second kappa shape index (κ2) is 14.2. The third kappa shape index (κ3) is 8.89. The van der Waals surface area contributed by atoms with Gasteiger partial charge in [-0.15, -0.1) is 0 Å². The van der Waals surface area contributed by atoms with E-state index in [1.54, 1.807) is 17.0 Å². The maximum Gasteiger partial charge on any atom is 0.336 e. The van der Waals surface area contributed by atoms with E-state index in [-0.39, 0.29) is 36.6 Å². The number of carboxylic acid groups (broad SMARTS) is 3. The third-order valence-electron chi connectivity index (χ3n) is 7.40. The Morgan fingerprint density at radius 3 is 2.23 bits per heavy atom. The van der Waals surface area contributed by atoms with Crippen molar-refractivity contribution in [3.8, 4) is 5.75 Å². The molecule has 3 heterocycles. The van der Waals surface area contributed by atoms with E-state index in [2.05, 4.69) is 10.6 Å². The number of aliphatic carboxylic acids is 3. The number of aliphatic hydroxyl groups is 1. The minimum absolute atomic E-state index is 0.0490. The topological polar surface area (TPSA) is 240 Å². The normalized spacial score (nSPS) is 19.6. The highest BCUT2D eigenvalue weighted by atomic mass is 16.5. The van der Waals surface area contributed by atoms with Gasteiger partial charge in [0.1, 0.15) is 5.75 Å². The van der Waals surface area contributed by atoms with E-state index < -0.39 is 42.1 Å². The van der Waals surface area contributed by atoms with Gasteiger partial charge in [-0.3, -0.25) is 28.8 Å². The molecule has 0 aliphatic carbocycles. The molecule has 0 aromatic heterocycles. The maximum absolute atomic E-state index is 12.6. The highest BCUT2D eigenvalue weighted by Crippen LogP contribution is 2.34. The van der Waals surface area contributed by atoms with Crippen LogP contribution >= 0.6 is 0 Å². The molecule has 1 aromatic rings. The second-order valence-corrected chi connectivity index (χ2v) is 10.9. The van der Waals surface area contributed by atoms with Gasteiger partial charge in [-0.25, -0.2) is 4.79 Å². The Labute approximate surface area is 251 Å². The molecule has 1 atom stereocenters. The van der Waals surface area contributed by atoms with Gasteiger partial charge in [0.2, 0.25) is 17.7 Å². The van der Waals surface area contributed by atoms with E-state index in [0.29, 0.717) is 50.2 Å². The summed E-state index contributed by atoms with van der Waals surface area (Å²) in [5.41, 5.74) is -2.22. The van der Waals surface area contributed by atoms with Crippen molar-refractivity contribution >= 4 is 41.5 Å². The van der Waals surface area contributed by atoms with Gasteiger partial charge in [-0.05, 0) is 25.5 Å². The van der Waals surface area contributed by atoms with Crippen molar-refractivity contribution < 1.29 is 58.7 Å². The number of hydrogen-bond donors (Lipinski definition) is 6. The SMILES string of the molecule is Cc1ccc2c(c1)C(=O)NC1(CCC(=O)N(CC(=O)NCCN3CCCC3=O)CC1)O2.O=C(O)CC(O)(CC(=O)O)C(=O)O. The van der Waals surface area contributed by atoms with E-state index in [0.717, 1.165) is 18.5 Å². The van der Waals surface area contributed by atoms with Crippen molar-refractivity contribution in [1.82, 2.24) is 20.4 Å². The smallest absolute Gasteiger partial charge is 0.336 e. The third-order valence-corrected chi connectivity index (χ3v) is 7.40. The first-order chi connectivity index (χ1) is 20.6. The molecule has 2 saturated heterocycles. The number of ether oxygens (including phenoxy) is 1. The molecule has 1 unspecified atom stereocenters. The van der Waals surface area contributed by atoms with Crippen molar-refractivity contribution in [3.05, 3.63) is 29.3 Å². The summed E-state index contributed by atoms with van der Waals surface area (Å²) in [6.07, 6.45) is 0.0634. The molecule has 2 fully saturated rings. The number of carbonyl (C=O) groups excluding carboxylic acids is 4. The van der Waals surface area contributed by atoms with Crippen LogP contribution in [0.3, 0.4) is 0 Å². The molecule has 44 heavy (non-hydrogen) atoms. The summed E-state index contributed by atoms with van der Waals surface area (Å²) in [4.78, 5) is 82.9. The Kier molecular flexibility index (Phi) is 10.9. The molecule has 0 bridgehead atoms. The van der Waals surface area contributed by atoms with Crippen LogP contribution in [-0.2, 0) is 28.8 Å². The number of likely N-dealkylation sites (tertiary alicyclic amines) is 2. The van der Waals surface area contributed by atoms with Crippen LogP contribution in [0.4, 0.5) is 0 Å². The Morgan fingerprint density at radius 2 is 1.64 bits per heavy atom. The minimum atomic E-state index is -2.74. The summed E-state index contributed by atoms with van der Waals surface area (Å²) >= 11 is 0. The highest BCUT2D eigenvalue weighted by molar-refractivity contribution is 5.98. The van der Waals surface area contributed by atoms with Crippen molar-refractivity contribution in [2.45, 2.75) is 63.2 Å². The largest absolute Gasteiger partial charge is 0.481 e. The molecule has 4 rings (SSSR count). The number of hydrogen-bond acceptors (Lipinski definition) is 9. The van der Waals surface area contributed by atoms with Crippen LogP contribution in [0.15, 0.2) is 18.2 Å². The van der Waals surface area contributed by atoms with E-state index in [4.69, 9.17) is 25.2 Å². The molecule has 0 saturated carbocycles. The zero-order valence-electron chi connectivity index (χ0n) is 24.2. The number of fused-ring (bicyclic) bond motifs is 1. The van der Waals surface area contributed by atoms with Crippen LogP contribution in [0.2, 0.25) is 0 Å². The van der Waals surface area contributed by atoms with Crippen molar-refractivity contribution in [2.75, 3.05) is 32.7 Å². The standard InChI is InChI=1S/C22H28N4O5.C6H8O7/c1-15-4-5-17-16(13-15)21(30)24-22(31-17)7-6-20(29)26(11-8-22)14-18(27)23-9-12-25-10-2-3-19(25)28;7-3(8)1-6(13,5(11)12)2-4(9)10/h4-5,13H,2-3,6-12,14H2,1H3,(H,23,27)(H,24,30);13H,1-2H2,(H,7,8)(H,9,10)(H,11,12). The number of aryl methyl sites for hydroxylation is 1. The van der Waals surface area contributed by atoms with Crippen molar-refractivity contribution in [2.24, 2.45) is 0 Å². The lowest BCUT2D eigenvalue weighted by Crippen LogP contribution is -2.56. The number of nitrogens with one attached hydrogen (secondary N) is 2. The summed E-state index contributed by atoms with van der Waals surface area (Å²) in [5.74, 6) is -4.99. The van der Waals surface area contributed by atoms with Crippen LogP contribution in [-0.4, -0.2) is 116 Å². The molecule has 3 aliphatic rings. The van der Waals surface area contributed by atoms with Gasteiger partial charge >= 0.3 is 17.9 Å². The first-order valence-corrected chi connectivity index (χ1v) is 14.0. The average Bonchev–Trinajstić information content (AvgIpc) is 3.27. The van der Waals surface area contributed by atoms with Gasteiger partial charge in [-0.1, -0.05) is 11.6 Å². The van der Waals surface area contributed by atoms with E-state index in [1.807, 2.05) is 13.0 Å². The van der Waals surface area contributed by atoms with Crippen LogP contribution in [0.5, 0.6) is 5.75 Å². The average molecular weight is 621 g/mol. The molecular formula is C28H36N4O12. The van der Waals surface area contributed by atoms with Crippen LogP contribution in [0.25, 0.3) is 0 Å². The minimum Gasteiger partial charge on any atom is -0.481 e. The summed E-state index contributed by atoms with van der Waals surface area (Å²) in [5, 5.41) is 39.5. The first kappa shape index (κ1) is 33.8. The van der Waals surface area contributed by atoms with Gasteiger partial charge < -0.3 is 45.6 Å². The van der Waals surface area contributed by atoms with Gasteiger partial charge in [-0.2, -0.15) is 0 Å². The number of nitrogens with zero attached hydrogens (tertiary/aromatic N) is 2. The second-order valence-electron chi connectivity index (χ2n) is 10.9. The van der Waals surface area contributed by atoms with Gasteiger partial charge in [0.15, 0.2) is 11.3 Å². The lowest BCUT2D eigenvalue weighted by Gasteiger charge is -2.38. The summed E-state index contributed by atoms with van der Waals surface area (Å²) in [6.45, 7) is 3.75. The number of benzene rings is 1. The van der Waals surface area contributed by atoms with Gasteiger partial charge in [0.25, 0.3) is 5.91 Å². The van der Waals surface area contributed by atoms with Crippen molar-refractivity contribution in [1.29, 1.82) is 0 Å². The van der Waals surface area contributed by atoms with Crippen LogP contribution in [0.1, 0.15) is 60.9 Å². The summed E-state index contributed by atoms with van der Waals surface area (Å²) < 4.78 is 6.15. The molecule has 3 aliphatic heterocycles. The molecular weight excluding hydrogens is 584 g/mol. The predicted molar refractivity (Wildman–Crippen MR) is 148 cm³/mol. The Hall–Kier alpha value is -4.73. The molecule has 0 radical (unpaired) electrons. The molecule has 1 aromatic carbocycles. The monoisotopic (exact) mass is 620 g/mol. The maximum atomic E-state index is 12.6. The van der Waals surface area contributed by atoms with Gasteiger partial charge in [0, 0.05) is 51.9 Å². The lowest BCUT2D eigenvalue weighted by atomic mass is 9.96. The number of carbonyl (C=O) groups is 7. The zero-order chi connectivity index (χ0) is 32.7. The molecule has 4 amide bonds. The zero-order valence-corrected chi connectivity index (χ0v) is 24.2. The first-order valence-electron chi connectivity index (χ1n) is 14.0. The van der Waals surface area contributed by atoms with Gasteiger partial charge in [0.05, 0.1) is 24.9 Å². The summed E-state index contributed by atoms with van der Waals surface area (Å²) in [6, 6.07) is 5.46. The fourth-order valence-electron chi connectivity index (χ4n) is 5.06. The number of rotatable bonds is 10. The lowest BCUT2D eigenvalue weighted by molar-refractivity contribution is -0.170. The summed E-state index contributed by atoms with van der Waals surface area (Å²) in [7, 11) is 0. The predicted octanol–water partition coefficient (Wildman–Crippen LogP) is -0.684. The molecule has 16 nitrogen and oxygen atoms in total. The molecule has 1 spiro atoms. The fraction of sp³-hybridized carbons (Fsp3) is 0.536. The van der Waals surface area contributed by atoms with E-state index >= 15 is 0 Å². The van der Waals surface area contributed by atoms with Crippen LogP contribution < -0.4 is 15.4 Å². The van der Waals surface area contributed by atoms with E-state index in [9.17, 15) is 33.6 Å². The van der Waals surface area contributed by atoms with E-state index in [1.165, 1.54) is 4.90 Å². The van der Waals surface area contributed by atoms with Crippen molar-refractivity contribution in [3.63, 3.8) is 0 Å².